The van der Waals surface area contributed by atoms with Crippen molar-refractivity contribution in [3.05, 3.63) is 35.7 Å². The minimum Gasteiger partial charge on any atom is -0.329 e. The smallest absolute Gasteiger partial charge is 0.129 e. The molecule has 0 bridgehead atoms. The molecule has 2 aromatic heterocycles. The Morgan fingerprint density at radius 1 is 1.09 bits per heavy atom. The predicted molar refractivity (Wildman–Crippen MR) is 89.0 cm³/mol. The second-order valence-electron chi connectivity index (χ2n) is 7.13. The van der Waals surface area contributed by atoms with E-state index in [4.69, 9.17) is 4.98 Å². The molecule has 0 amide bonds. The largest absolute Gasteiger partial charge is 0.329 e. The van der Waals surface area contributed by atoms with E-state index in [1.807, 2.05) is 24.1 Å². The van der Waals surface area contributed by atoms with Gasteiger partial charge in [-0.05, 0) is 26.8 Å². The van der Waals surface area contributed by atoms with E-state index in [0.717, 1.165) is 45.6 Å². The summed E-state index contributed by atoms with van der Waals surface area (Å²) in [6.45, 7) is 7.59. The Labute approximate surface area is 137 Å². The lowest BCUT2D eigenvalue weighted by Crippen LogP contribution is -2.56. The molecule has 0 radical (unpaired) electrons. The molecule has 0 unspecified atom stereocenters. The van der Waals surface area contributed by atoms with E-state index in [1.54, 1.807) is 0 Å². The number of aromatic nitrogens is 4. The summed E-state index contributed by atoms with van der Waals surface area (Å²) < 4.78 is 4.31. The molecule has 0 aliphatic carbocycles. The number of likely N-dealkylation sites (tertiary alicyclic amines) is 1. The average molecular weight is 314 g/mol. The summed E-state index contributed by atoms with van der Waals surface area (Å²) in [7, 11) is 4.25. The fourth-order valence-corrected chi connectivity index (χ4v) is 4.25. The molecular formula is C17H26N6. The Hall–Kier alpha value is -1.66. The molecule has 0 atom stereocenters. The quantitative estimate of drug-likeness (QED) is 0.839. The van der Waals surface area contributed by atoms with E-state index in [9.17, 15) is 0 Å². The zero-order chi connectivity index (χ0) is 16.0. The van der Waals surface area contributed by atoms with Crippen LogP contribution >= 0.6 is 0 Å². The van der Waals surface area contributed by atoms with Gasteiger partial charge in [0.05, 0.1) is 11.7 Å². The van der Waals surface area contributed by atoms with E-state index in [-0.39, 0.29) is 5.54 Å². The van der Waals surface area contributed by atoms with Gasteiger partial charge in [0.25, 0.3) is 0 Å². The van der Waals surface area contributed by atoms with Gasteiger partial charge >= 0.3 is 0 Å². The zero-order valence-corrected chi connectivity index (χ0v) is 14.4. The monoisotopic (exact) mass is 314 g/mol. The Balaban J connectivity index is 1.52. The van der Waals surface area contributed by atoms with Gasteiger partial charge in [0, 0.05) is 63.4 Å². The van der Waals surface area contributed by atoms with Gasteiger partial charge in [-0.3, -0.25) is 14.5 Å². The highest BCUT2D eigenvalue weighted by Crippen LogP contribution is 2.40. The molecule has 4 rings (SSSR count). The van der Waals surface area contributed by atoms with Gasteiger partial charge < -0.3 is 4.57 Å². The van der Waals surface area contributed by atoms with Crippen LogP contribution in [0.1, 0.15) is 29.9 Å². The third kappa shape index (κ3) is 2.40. The molecule has 1 fully saturated rings. The van der Waals surface area contributed by atoms with Crippen LogP contribution in [0.15, 0.2) is 18.6 Å². The van der Waals surface area contributed by atoms with Crippen LogP contribution in [0.25, 0.3) is 0 Å². The molecule has 23 heavy (non-hydrogen) atoms. The van der Waals surface area contributed by atoms with Gasteiger partial charge in [-0.1, -0.05) is 0 Å². The van der Waals surface area contributed by atoms with E-state index >= 15 is 0 Å². The number of piperidine rings is 1. The van der Waals surface area contributed by atoms with E-state index in [0.29, 0.717) is 0 Å². The second-order valence-corrected chi connectivity index (χ2v) is 7.13. The molecule has 2 aliphatic rings. The molecule has 1 saturated heterocycles. The van der Waals surface area contributed by atoms with Crippen LogP contribution in [0, 0.1) is 6.92 Å². The maximum Gasteiger partial charge on any atom is 0.129 e. The molecule has 0 N–H and O–H groups in total. The van der Waals surface area contributed by atoms with Crippen molar-refractivity contribution >= 4 is 0 Å². The summed E-state index contributed by atoms with van der Waals surface area (Å²) in [5, 5.41) is 4.28. The number of likely N-dealkylation sites (N-methyl/N-ethyl adjacent to an activating group) is 1. The number of hydrogen-bond acceptors (Lipinski definition) is 4. The van der Waals surface area contributed by atoms with Gasteiger partial charge in [0.1, 0.15) is 5.82 Å². The highest BCUT2D eigenvalue weighted by Gasteiger charge is 2.45. The molecule has 4 heterocycles. The maximum atomic E-state index is 4.79. The fourth-order valence-electron chi connectivity index (χ4n) is 4.25. The molecule has 124 valence electrons. The van der Waals surface area contributed by atoms with Crippen LogP contribution in [0.5, 0.6) is 0 Å². The van der Waals surface area contributed by atoms with Gasteiger partial charge in [-0.2, -0.15) is 5.10 Å². The number of rotatable bonds is 2. The van der Waals surface area contributed by atoms with Crippen molar-refractivity contribution < 1.29 is 0 Å². The Morgan fingerprint density at radius 2 is 1.87 bits per heavy atom. The van der Waals surface area contributed by atoms with Crippen molar-refractivity contribution in [3.63, 3.8) is 0 Å². The first-order chi connectivity index (χ1) is 11.1. The summed E-state index contributed by atoms with van der Waals surface area (Å²) in [5.41, 5.74) is 2.72. The fraction of sp³-hybridized carbons (Fsp3) is 0.647. The average Bonchev–Trinajstić information content (AvgIpc) is 3.12. The van der Waals surface area contributed by atoms with Crippen molar-refractivity contribution in [2.45, 2.75) is 38.4 Å². The minimum absolute atomic E-state index is 0.123. The van der Waals surface area contributed by atoms with Crippen LogP contribution in [0.4, 0.5) is 0 Å². The minimum atomic E-state index is 0.123. The summed E-state index contributed by atoms with van der Waals surface area (Å²) in [5.74, 6) is 1.28. The molecule has 6 heteroatoms. The number of fused-ring (bicyclic) bond motifs is 2. The zero-order valence-electron chi connectivity index (χ0n) is 14.4. The lowest BCUT2D eigenvalue weighted by Gasteiger charge is -2.49. The van der Waals surface area contributed by atoms with Crippen molar-refractivity contribution in [1.82, 2.24) is 29.1 Å². The molecule has 1 spiro atoms. The third-order valence-corrected chi connectivity index (χ3v) is 5.71. The predicted octanol–water partition coefficient (Wildman–Crippen LogP) is 1.36. The first-order valence-corrected chi connectivity index (χ1v) is 8.52. The molecule has 0 saturated carbocycles. The van der Waals surface area contributed by atoms with Gasteiger partial charge in [0.2, 0.25) is 0 Å². The van der Waals surface area contributed by atoms with Gasteiger partial charge in [0.15, 0.2) is 0 Å². The highest BCUT2D eigenvalue weighted by atomic mass is 15.3. The number of nitrogens with zero attached hydrogens (tertiary/aromatic N) is 6. The summed E-state index contributed by atoms with van der Waals surface area (Å²) in [6.07, 6.45) is 8.44. The molecule has 0 aromatic carbocycles. The van der Waals surface area contributed by atoms with Crippen molar-refractivity contribution in [3.8, 4) is 0 Å². The molecule has 2 aliphatic heterocycles. The lowest BCUT2D eigenvalue weighted by atomic mass is 9.83. The Bertz CT molecular complexity index is 692. The van der Waals surface area contributed by atoms with Crippen molar-refractivity contribution in [2.24, 2.45) is 7.05 Å². The summed E-state index contributed by atoms with van der Waals surface area (Å²) >= 11 is 0. The topological polar surface area (TPSA) is 42.1 Å². The molecule has 2 aromatic rings. The van der Waals surface area contributed by atoms with Crippen LogP contribution in [-0.4, -0.2) is 55.8 Å². The lowest BCUT2D eigenvalue weighted by molar-refractivity contribution is 0.00636. The number of hydrogen-bond donors (Lipinski definition) is 0. The van der Waals surface area contributed by atoms with Crippen LogP contribution in [0.2, 0.25) is 0 Å². The Kier molecular flexibility index (Phi) is 3.54. The SMILES string of the molecule is Cc1cnc2n1CCN(C)C21CCN(Cc2cnn(C)c2)CC1. The molecular weight excluding hydrogens is 288 g/mol. The van der Waals surface area contributed by atoms with E-state index in [2.05, 4.69) is 39.6 Å². The van der Waals surface area contributed by atoms with Crippen LogP contribution in [-0.2, 0) is 25.7 Å². The molecule has 6 nitrogen and oxygen atoms in total. The van der Waals surface area contributed by atoms with E-state index < -0.39 is 0 Å². The van der Waals surface area contributed by atoms with Gasteiger partial charge in [-0.25, -0.2) is 4.98 Å². The first-order valence-electron chi connectivity index (χ1n) is 8.52. The third-order valence-electron chi connectivity index (χ3n) is 5.71. The van der Waals surface area contributed by atoms with Gasteiger partial charge in [-0.15, -0.1) is 0 Å². The van der Waals surface area contributed by atoms with Crippen LogP contribution < -0.4 is 0 Å². The summed E-state index contributed by atoms with van der Waals surface area (Å²) in [4.78, 5) is 9.87. The Morgan fingerprint density at radius 3 is 2.57 bits per heavy atom. The number of imidazole rings is 1. The van der Waals surface area contributed by atoms with Crippen LogP contribution in [0.3, 0.4) is 0 Å². The first kappa shape index (κ1) is 14.9. The normalized spacial score (nSPS) is 21.7. The number of aryl methyl sites for hydroxylation is 2. The van der Waals surface area contributed by atoms with E-state index in [1.165, 1.54) is 17.1 Å². The highest BCUT2D eigenvalue weighted by molar-refractivity contribution is 5.18. The standard InChI is InChI=1S/C17H26N6/c1-14-10-18-16-17(20(2)8-9-23(14)16)4-6-22(7-5-17)13-15-11-19-21(3)12-15/h10-12H,4-9,13H2,1-3H3. The summed E-state index contributed by atoms with van der Waals surface area (Å²) in [6, 6.07) is 0. The maximum absolute atomic E-state index is 4.79. The van der Waals surface area contributed by atoms with Crippen molar-refractivity contribution in [2.75, 3.05) is 26.7 Å². The second kappa shape index (κ2) is 5.46. The van der Waals surface area contributed by atoms with Crippen molar-refractivity contribution in [1.29, 1.82) is 0 Å².